The van der Waals surface area contributed by atoms with Gasteiger partial charge in [-0.1, -0.05) is 0 Å². The molecule has 136 valence electrons. The molecule has 0 bridgehead atoms. The SMILES string of the molecule is CN=C(NCCn1cc(C)cn1)NC1CCN(CC(N)=O)CC1.I. The van der Waals surface area contributed by atoms with E-state index in [9.17, 15) is 4.79 Å². The number of likely N-dealkylation sites (tertiary alicyclic amines) is 1. The third-order valence-corrected chi connectivity index (χ3v) is 3.93. The van der Waals surface area contributed by atoms with Gasteiger partial charge in [0.05, 0.1) is 19.3 Å². The van der Waals surface area contributed by atoms with Crippen LogP contribution in [0, 0.1) is 6.92 Å². The van der Waals surface area contributed by atoms with E-state index in [1.165, 1.54) is 0 Å². The van der Waals surface area contributed by atoms with Crippen LogP contribution in [0.25, 0.3) is 0 Å². The van der Waals surface area contributed by atoms with E-state index >= 15 is 0 Å². The summed E-state index contributed by atoms with van der Waals surface area (Å²) in [6.45, 7) is 5.70. The van der Waals surface area contributed by atoms with Crippen molar-refractivity contribution in [2.24, 2.45) is 10.7 Å². The molecule has 8 nitrogen and oxygen atoms in total. The number of piperidine rings is 1. The minimum Gasteiger partial charge on any atom is -0.369 e. The summed E-state index contributed by atoms with van der Waals surface area (Å²) in [5, 5.41) is 11.0. The van der Waals surface area contributed by atoms with Gasteiger partial charge in [-0.25, -0.2) is 0 Å². The molecule has 0 unspecified atom stereocenters. The largest absolute Gasteiger partial charge is 0.369 e. The van der Waals surface area contributed by atoms with Crippen LogP contribution in [-0.4, -0.2) is 65.8 Å². The van der Waals surface area contributed by atoms with Crippen LogP contribution in [0.1, 0.15) is 18.4 Å². The lowest BCUT2D eigenvalue weighted by atomic mass is 10.1. The minimum absolute atomic E-state index is 0. The first-order valence-electron chi connectivity index (χ1n) is 8.03. The molecule has 0 spiro atoms. The molecule has 2 heterocycles. The van der Waals surface area contributed by atoms with Gasteiger partial charge in [0.1, 0.15) is 0 Å². The first-order valence-corrected chi connectivity index (χ1v) is 8.03. The van der Waals surface area contributed by atoms with E-state index in [0.29, 0.717) is 12.6 Å². The summed E-state index contributed by atoms with van der Waals surface area (Å²) in [6.07, 6.45) is 5.83. The Morgan fingerprint density at radius 2 is 2.17 bits per heavy atom. The maximum absolute atomic E-state index is 10.9. The molecule has 1 aromatic heterocycles. The Kier molecular flexibility index (Phi) is 9.04. The van der Waals surface area contributed by atoms with Crippen LogP contribution in [0.3, 0.4) is 0 Å². The molecule has 0 saturated carbocycles. The minimum atomic E-state index is -0.261. The smallest absolute Gasteiger partial charge is 0.231 e. The number of nitrogens with zero attached hydrogens (tertiary/aromatic N) is 4. The lowest BCUT2D eigenvalue weighted by molar-refractivity contribution is -0.119. The van der Waals surface area contributed by atoms with Gasteiger partial charge < -0.3 is 16.4 Å². The molecule has 0 radical (unpaired) electrons. The number of carbonyl (C=O) groups excluding carboxylic acids is 1. The summed E-state index contributed by atoms with van der Waals surface area (Å²) >= 11 is 0. The fourth-order valence-electron chi connectivity index (χ4n) is 2.72. The second-order valence-electron chi connectivity index (χ2n) is 5.94. The number of nitrogens with one attached hydrogen (secondary N) is 2. The zero-order valence-corrected chi connectivity index (χ0v) is 16.7. The van der Waals surface area contributed by atoms with Crippen LogP contribution >= 0.6 is 24.0 Å². The number of rotatable bonds is 6. The maximum atomic E-state index is 10.9. The van der Waals surface area contributed by atoms with E-state index in [1.807, 2.05) is 24.0 Å². The zero-order chi connectivity index (χ0) is 16.7. The molecule has 24 heavy (non-hydrogen) atoms. The molecule has 9 heteroatoms. The summed E-state index contributed by atoms with van der Waals surface area (Å²) in [7, 11) is 1.77. The fraction of sp³-hybridized carbons (Fsp3) is 0.667. The van der Waals surface area contributed by atoms with Crippen molar-refractivity contribution in [2.75, 3.05) is 33.2 Å². The van der Waals surface area contributed by atoms with E-state index in [1.54, 1.807) is 7.05 Å². The second-order valence-corrected chi connectivity index (χ2v) is 5.94. The number of primary amides is 1. The molecule has 1 aliphatic rings. The lowest BCUT2D eigenvalue weighted by Crippen LogP contribution is -2.50. The molecule has 4 N–H and O–H groups in total. The van der Waals surface area contributed by atoms with Crippen molar-refractivity contribution < 1.29 is 4.79 Å². The van der Waals surface area contributed by atoms with Crippen LogP contribution in [-0.2, 0) is 11.3 Å². The molecule has 1 aromatic rings. The number of hydrogen-bond donors (Lipinski definition) is 3. The van der Waals surface area contributed by atoms with Crippen molar-refractivity contribution in [3.05, 3.63) is 18.0 Å². The number of halogens is 1. The standard InChI is InChI=1S/C15H27N7O.HI/c1-12-9-19-22(10-12)8-5-18-15(17-2)20-13-3-6-21(7-4-13)11-14(16)23;/h9-10,13H,3-8,11H2,1-2H3,(H2,16,23)(H2,17,18,20);1H. The predicted molar refractivity (Wildman–Crippen MR) is 106 cm³/mol. The number of aromatic nitrogens is 2. The molecule has 1 fully saturated rings. The van der Waals surface area contributed by atoms with Gasteiger partial charge in [-0.3, -0.25) is 19.4 Å². The van der Waals surface area contributed by atoms with Crippen LogP contribution < -0.4 is 16.4 Å². The average Bonchev–Trinajstić information content (AvgIpc) is 2.93. The average molecular weight is 449 g/mol. The van der Waals surface area contributed by atoms with Gasteiger partial charge in [-0.05, 0) is 25.3 Å². The van der Waals surface area contributed by atoms with Gasteiger partial charge in [0.25, 0.3) is 0 Å². The van der Waals surface area contributed by atoms with E-state index in [-0.39, 0.29) is 29.9 Å². The molecular formula is C15H28IN7O. The van der Waals surface area contributed by atoms with Crippen molar-refractivity contribution in [3.8, 4) is 0 Å². The predicted octanol–water partition coefficient (Wildman–Crippen LogP) is -0.0758. The van der Waals surface area contributed by atoms with Crippen LogP contribution in [0.4, 0.5) is 0 Å². The number of amides is 1. The Hall–Kier alpha value is -1.36. The third kappa shape index (κ3) is 7.04. The molecule has 0 aromatic carbocycles. The van der Waals surface area contributed by atoms with E-state index in [4.69, 9.17) is 5.73 Å². The highest BCUT2D eigenvalue weighted by molar-refractivity contribution is 14.0. The summed E-state index contributed by atoms with van der Waals surface area (Å²) in [4.78, 5) is 17.3. The van der Waals surface area contributed by atoms with E-state index in [2.05, 4.69) is 25.6 Å². The summed E-state index contributed by atoms with van der Waals surface area (Å²) in [5.41, 5.74) is 6.39. The Morgan fingerprint density at radius 1 is 1.46 bits per heavy atom. The summed E-state index contributed by atoms with van der Waals surface area (Å²) in [5.74, 6) is 0.546. The number of hydrogen-bond acceptors (Lipinski definition) is 4. The monoisotopic (exact) mass is 449 g/mol. The molecule has 1 aliphatic heterocycles. The molecular weight excluding hydrogens is 421 g/mol. The molecule has 0 atom stereocenters. The van der Waals surface area contributed by atoms with Gasteiger partial charge in [0.15, 0.2) is 5.96 Å². The van der Waals surface area contributed by atoms with Crippen molar-refractivity contribution in [1.29, 1.82) is 0 Å². The normalized spacial score (nSPS) is 16.5. The first kappa shape index (κ1) is 20.7. The number of aryl methyl sites for hydroxylation is 1. The van der Waals surface area contributed by atoms with Gasteiger partial charge in [0.2, 0.25) is 5.91 Å². The topological polar surface area (TPSA) is 101 Å². The Balaban J connectivity index is 0.00000288. The van der Waals surface area contributed by atoms with Crippen molar-refractivity contribution in [1.82, 2.24) is 25.3 Å². The van der Waals surface area contributed by atoms with Gasteiger partial charge in [-0.15, -0.1) is 24.0 Å². The maximum Gasteiger partial charge on any atom is 0.231 e. The first-order chi connectivity index (χ1) is 11.1. The molecule has 0 aliphatic carbocycles. The Bertz CT molecular complexity index is 538. The molecule has 1 saturated heterocycles. The quantitative estimate of drug-likeness (QED) is 0.321. The third-order valence-electron chi connectivity index (χ3n) is 3.93. The summed E-state index contributed by atoms with van der Waals surface area (Å²) < 4.78 is 1.91. The Labute approximate surface area is 160 Å². The fourth-order valence-corrected chi connectivity index (χ4v) is 2.72. The van der Waals surface area contributed by atoms with Crippen molar-refractivity contribution in [3.63, 3.8) is 0 Å². The number of aliphatic imine (C=N–C) groups is 1. The summed E-state index contributed by atoms with van der Waals surface area (Å²) in [6, 6.07) is 0.372. The van der Waals surface area contributed by atoms with E-state index < -0.39 is 0 Å². The highest BCUT2D eigenvalue weighted by Gasteiger charge is 2.20. The van der Waals surface area contributed by atoms with E-state index in [0.717, 1.165) is 50.5 Å². The highest BCUT2D eigenvalue weighted by Crippen LogP contribution is 2.09. The Morgan fingerprint density at radius 3 is 2.71 bits per heavy atom. The second kappa shape index (κ2) is 10.5. The lowest BCUT2D eigenvalue weighted by Gasteiger charge is -2.32. The van der Waals surface area contributed by atoms with Crippen molar-refractivity contribution in [2.45, 2.75) is 32.4 Å². The van der Waals surface area contributed by atoms with Gasteiger partial charge >= 0.3 is 0 Å². The molecule has 2 rings (SSSR count). The molecule has 1 amide bonds. The number of guanidine groups is 1. The highest BCUT2D eigenvalue weighted by atomic mass is 127. The van der Waals surface area contributed by atoms with Crippen LogP contribution in [0.2, 0.25) is 0 Å². The van der Waals surface area contributed by atoms with Crippen molar-refractivity contribution >= 4 is 35.8 Å². The number of nitrogens with two attached hydrogens (primary N) is 1. The van der Waals surface area contributed by atoms with Crippen LogP contribution in [0.5, 0.6) is 0 Å². The van der Waals surface area contributed by atoms with Gasteiger partial charge in [-0.2, -0.15) is 5.10 Å². The van der Waals surface area contributed by atoms with Crippen LogP contribution in [0.15, 0.2) is 17.4 Å². The number of carbonyl (C=O) groups is 1. The zero-order valence-electron chi connectivity index (χ0n) is 14.4. The van der Waals surface area contributed by atoms with Gasteiger partial charge in [0, 0.05) is 38.9 Å².